The summed E-state index contributed by atoms with van der Waals surface area (Å²) in [6.45, 7) is 4.81. The van der Waals surface area contributed by atoms with Crippen LogP contribution in [-0.2, 0) is 29.3 Å². The summed E-state index contributed by atoms with van der Waals surface area (Å²) in [5.74, 6) is -4.91. The monoisotopic (exact) mass is 836 g/mol. The molecule has 3 aliphatic heterocycles. The van der Waals surface area contributed by atoms with E-state index in [1.165, 1.54) is 17.0 Å². The number of carbonyl (C=O) groups is 4. The van der Waals surface area contributed by atoms with Gasteiger partial charge in [0.25, 0.3) is 11.8 Å². The van der Waals surface area contributed by atoms with Gasteiger partial charge in [-0.2, -0.15) is 5.01 Å². The van der Waals surface area contributed by atoms with Crippen LogP contribution in [0.2, 0.25) is 10.0 Å². The number of rotatable bonds is 9. The van der Waals surface area contributed by atoms with Crippen molar-refractivity contribution in [3.63, 3.8) is 0 Å². The molecule has 4 fully saturated rings. The predicted octanol–water partition coefficient (Wildman–Crippen LogP) is 7.13. The number of morpholine rings is 1. The number of methoxy groups -OCH3 is 1. The summed E-state index contributed by atoms with van der Waals surface area (Å²) in [6, 6.07) is 24.2. The van der Waals surface area contributed by atoms with Crippen molar-refractivity contribution in [3.8, 4) is 17.2 Å². The van der Waals surface area contributed by atoms with Crippen molar-refractivity contribution in [2.75, 3.05) is 55.2 Å². The molecule has 59 heavy (non-hydrogen) atoms. The summed E-state index contributed by atoms with van der Waals surface area (Å²) in [7, 11) is 1.55. The Morgan fingerprint density at radius 3 is 2.29 bits per heavy atom. The number of allylic oxidation sites excluding steroid dienone is 2. The van der Waals surface area contributed by atoms with Crippen LogP contribution in [0.15, 0.2) is 96.6 Å². The highest BCUT2D eigenvalue weighted by molar-refractivity contribution is 6.36. The number of amides is 4. The van der Waals surface area contributed by atoms with Gasteiger partial charge in [-0.3, -0.25) is 29.5 Å². The van der Waals surface area contributed by atoms with E-state index < -0.39 is 46.8 Å². The molecule has 9 rings (SSSR count). The van der Waals surface area contributed by atoms with Crippen molar-refractivity contribution < 1.29 is 38.5 Å². The molecule has 2 aliphatic carbocycles. The van der Waals surface area contributed by atoms with Crippen molar-refractivity contribution in [2.45, 2.75) is 31.1 Å². The maximum atomic E-state index is 15.6. The molecule has 2 N–H and O–H groups in total. The third-order valence-electron chi connectivity index (χ3n) is 12.7. The number of benzene rings is 4. The lowest BCUT2D eigenvalue weighted by molar-refractivity contribution is -0.138. The Morgan fingerprint density at radius 1 is 0.864 bits per heavy atom. The fourth-order valence-electron chi connectivity index (χ4n) is 10.1. The summed E-state index contributed by atoms with van der Waals surface area (Å²) >= 11 is 12.8. The van der Waals surface area contributed by atoms with Crippen LogP contribution < -0.4 is 24.7 Å². The van der Waals surface area contributed by atoms with Gasteiger partial charge in [-0.15, -0.1) is 0 Å². The molecule has 4 amide bonds. The fraction of sp³-hybridized carbons (Fsp3) is 0.333. The highest BCUT2D eigenvalue weighted by atomic mass is 35.5. The van der Waals surface area contributed by atoms with Crippen molar-refractivity contribution in [1.29, 1.82) is 0 Å². The Morgan fingerprint density at radius 2 is 1.59 bits per heavy atom. The molecular weight excluding hydrogens is 795 g/mol. The second kappa shape index (κ2) is 15.2. The van der Waals surface area contributed by atoms with E-state index in [0.717, 1.165) is 29.4 Å². The largest absolute Gasteiger partial charge is 0.504 e. The zero-order valence-corrected chi connectivity index (χ0v) is 33.9. The number of phenolic OH excluding ortho intramolecular Hbond substituents is 1. The van der Waals surface area contributed by atoms with E-state index in [1.807, 2.05) is 18.2 Å². The average molecular weight is 838 g/mol. The Labute approximate surface area is 351 Å². The Bertz CT molecular complexity index is 2380. The number of phenols is 1. The second-order valence-corrected chi connectivity index (χ2v) is 16.3. The highest BCUT2D eigenvalue weighted by Crippen LogP contribution is 2.64. The van der Waals surface area contributed by atoms with E-state index in [0.29, 0.717) is 46.5 Å². The van der Waals surface area contributed by atoms with Crippen LogP contribution in [0.3, 0.4) is 0 Å². The number of nitrogens with zero attached hydrogens (tertiary/aromatic N) is 3. The molecule has 6 atom stereocenters. The molecule has 3 saturated heterocycles. The SMILES string of the molecule is CCOc1cc([C@H]2C3=CC[C@@H]4C(=O)N(c5ccc(N6CCOCC6)cc5)C(=O)[C@@H]4[C@@H]3C[C@H]3C(=O)N(Nc4ccc(Cl)cc4Cl)C(=O)[C@@]23c2ccc(OC)cc2)ccc1O. The molecule has 0 radical (unpaired) electrons. The molecule has 304 valence electrons. The van der Waals surface area contributed by atoms with Gasteiger partial charge in [-0.1, -0.05) is 53.1 Å². The second-order valence-electron chi connectivity index (χ2n) is 15.5. The van der Waals surface area contributed by atoms with Crippen molar-refractivity contribution in [3.05, 3.63) is 118 Å². The Hall–Kier alpha value is -5.56. The number of imide groups is 2. The summed E-state index contributed by atoms with van der Waals surface area (Å²) < 4.78 is 16.9. The molecule has 0 spiro atoms. The van der Waals surface area contributed by atoms with Gasteiger partial charge < -0.3 is 24.2 Å². The number of halogens is 2. The Kier molecular flexibility index (Phi) is 10.1. The summed E-state index contributed by atoms with van der Waals surface area (Å²) in [5.41, 5.74) is 5.13. The quantitative estimate of drug-likeness (QED) is 0.132. The third-order valence-corrected chi connectivity index (χ3v) is 13.2. The van der Waals surface area contributed by atoms with Crippen LogP contribution in [0.1, 0.15) is 36.8 Å². The van der Waals surface area contributed by atoms with E-state index >= 15 is 9.59 Å². The van der Waals surface area contributed by atoms with Gasteiger partial charge in [0.15, 0.2) is 11.5 Å². The Balaban J connectivity index is 1.18. The van der Waals surface area contributed by atoms with E-state index in [2.05, 4.69) is 10.3 Å². The summed E-state index contributed by atoms with van der Waals surface area (Å²) in [5, 5.41) is 12.5. The smallest absolute Gasteiger partial charge is 0.260 e. The van der Waals surface area contributed by atoms with Crippen LogP contribution in [0.4, 0.5) is 17.1 Å². The van der Waals surface area contributed by atoms with Gasteiger partial charge in [0, 0.05) is 29.7 Å². The molecule has 5 aliphatic rings. The van der Waals surface area contributed by atoms with Crippen molar-refractivity contribution in [2.24, 2.45) is 23.7 Å². The normalized spacial score (nSPS) is 26.3. The van der Waals surface area contributed by atoms with Gasteiger partial charge >= 0.3 is 0 Å². The molecule has 0 bridgehead atoms. The third kappa shape index (κ3) is 6.22. The van der Waals surface area contributed by atoms with Crippen LogP contribution in [0.25, 0.3) is 0 Å². The first-order chi connectivity index (χ1) is 28.6. The van der Waals surface area contributed by atoms with Crippen LogP contribution in [0.5, 0.6) is 17.2 Å². The topological polar surface area (TPSA) is 138 Å². The minimum absolute atomic E-state index is 0.0861. The lowest BCUT2D eigenvalue weighted by atomic mass is 9.49. The van der Waals surface area contributed by atoms with Crippen molar-refractivity contribution >= 4 is 63.9 Å². The number of nitrogens with one attached hydrogen (secondary N) is 1. The number of ether oxygens (including phenoxy) is 3. The molecule has 4 aromatic carbocycles. The van der Waals surface area contributed by atoms with Crippen LogP contribution in [-0.4, -0.2) is 73.8 Å². The minimum atomic E-state index is -1.56. The summed E-state index contributed by atoms with van der Waals surface area (Å²) in [4.78, 5) is 63.3. The molecular formula is C45H42Cl2N4O8. The van der Waals surface area contributed by atoms with E-state index in [-0.39, 0.29) is 47.8 Å². The van der Waals surface area contributed by atoms with Gasteiger partial charge in [-0.05, 0) is 104 Å². The van der Waals surface area contributed by atoms with E-state index in [1.54, 1.807) is 74.7 Å². The number of hydrogen-bond acceptors (Lipinski definition) is 10. The standard InChI is InChI=1S/C45H42Cl2N4O8/c1-3-59-38-22-25(4-17-37(38)52)40-31-14-15-32-39(43(55)50(41(32)53)29-10-8-28(9-11-29)49-18-20-58-21-19-49)33(31)24-34-42(54)51(48-36-16-7-27(46)23-35(36)47)44(56)45(34,40)26-5-12-30(57-2)13-6-26/h4-14,16-17,22-23,32-34,39-40,48,52H,3,15,18-21,24H2,1-2H3/t32-,33+,34-,39-,40-,45+/m0/s1. The number of hydrogen-bond donors (Lipinski definition) is 2. The number of hydrazine groups is 1. The first-order valence-corrected chi connectivity index (χ1v) is 20.5. The molecule has 1 saturated carbocycles. The lowest BCUT2D eigenvalue weighted by Crippen LogP contribution is -2.53. The molecule has 0 unspecified atom stereocenters. The van der Waals surface area contributed by atoms with Gasteiger partial charge in [0.1, 0.15) is 5.75 Å². The molecule has 14 heteroatoms. The number of anilines is 3. The van der Waals surface area contributed by atoms with Gasteiger partial charge in [-0.25, -0.2) is 0 Å². The zero-order chi connectivity index (χ0) is 41.2. The number of fused-ring (bicyclic) bond motifs is 4. The predicted molar refractivity (Wildman–Crippen MR) is 222 cm³/mol. The molecule has 4 aromatic rings. The maximum absolute atomic E-state index is 15.6. The first kappa shape index (κ1) is 38.9. The highest BCUT2D eigenvalue weighted by Gasteiger charge is 2.70. The van der Waals surface area contributed by atoms with Crippen molar-refractivity contribution in [1.82, 2.24) is 5.01 Å². The molecule has 12 nitrogen and oxygen atoms in total. The van der Waals surface area contributed by atoms with Crippen LogP contribution in [0, 0.1) is 23.7 Å². The lowest BCUT2D eigenvalue weighted by Gasteiger charge is -2.50. The minimum Gasteiger partial charge on any atom is -0.504 e. The zero-order valence-electron chi connectivity index (χ0n) is 32.4. The number of aromatic hydroxyl groups is 1. The first-order valence-electron chi connectivity index (χ1n) is 19.8. The van der Waals surface area contributed by atoms with E-state index in [4.69, 9.17) is 37.4 Å². The molecule has 3 heterocycles. The van der Waals surface area contributed by atoms with Gasteiger partial charge in [0.2, 0.25) is 11.8 Å². The van der Waals surface area contributed by atoms with Gasteiger partial charge in [0.05, 0.1) is 66.5 Å². The fourth-order valence-corrected chi connectivity index (χ4v) is 10.5. The molecule has 0 aromatic heterocycles. The average Bonchev–Trinajstić information content (AvgIpc) is 3.63. The maximum Gasteiger partial charge on any atom is 0.260 e. The number of carbonyl (C=O) groups excluding carboxylic acids is 4. The summed E-state index contributed by atoms with van der Waals surface area (Å²) in [6.07, 6.45) is 2.35. The van der Waals surface area contributed by atoms with Crippen LogP contribution >= 0.6 is 23.2 Å². The van der Waals surface area contributed by atoms with E-state index in [9.17, 15) is 14.7 Å².